The number of hydrogen-bond acceptors (Lipinski definition) is 5. The van der Waals surface area contributed by atoms with Crippen LogP contribution < -0.4 is 5.32 Å². The maximum atomic E-state index is 12.5. The maximum Gasteiger partial charge on any atom is 0.280 e. The first-order chi connectivity index (χ1) is 15.6. The fourth-order valence-electron chi connectivity index (χ4n) is 3.45. The van der Waals surface area contributed by atoms with E-state index in [1.54, 1.807) is 30.3 Å². The number of H-pyrrole nitrogens is 1. The largest absolute Gasteiger partial charge is 0.456 e. The van der Waals surface area contributed by atoms with Crippen LogP contribution in [0.3, 0.4) is 0 Å². The number of carbonyl (C=O) groups excluding carboxylic acids is 1. The number of hydrogen-bond donors (Lipinski definition) is 2. The number of para-hydroxylation sites is 2. The molecular weight excluding hydrogens is 408 g/mol. The van der Waals surface area contributed by atoms with Gasteiger partial charge in [0.15, 0.2) is 0 Å². The zero-order valence-electron chi connectivity index (χ0n) is 16.9. The first-order valence-corrected chi connectivity index (χ1v) is 9.85. The Morgan fingerprint density at radius 3 is 2.75 bits per heavy atom. The third-order valence-corrected chi connectivity index (χ3v) is 5.00. The van der Waals surface area contributed by atoms with Crippen LogP contribution in [0.2, 0.25) is 0 Å². The van der Waals surface area contributed by atoms with Gasteiger partial charge in [0.1, 0.15) is 23.2 Å². The fourth-order valence-corrected chi connectivity index (χ4v) is 3.45. The summed E-state index contributed by atoms with van der Waals surface area (Å²) in [6, 6.07) is 19.1. The van der Waals surface area contributed by atoms with Crippen molar-refractivity contribution in [2.75, 3.05) is 6.54 Å². The van der Waals surface area contributed by atoms with E-state index in [1.807, 2.05) is 36.5 Å². The summed E-state index contributed by atoms with van der Waals surface area (Å²) in [4.78, 5) is 26.4. The molecule has 0 radical (unpaired) electrons. The second kappa shape index (κ2) is 9.02. The lowest BCUT2D eigenvalue weighted by Crippen LogP contribution is -2.26. The van der Waals surface area contributed by atoms with Crippen LogP contribution in [0.25, 0.3) is 28.3 Å². The van der Waals surface area contributed by atoms with Crippen molar-refractivity contribution < 1.29 is 14.1 Å². The molecule has 0 bridgehead atoms. The van der Waals surface area contributed by atoms with E-state index in [0.29, 0.717) is 18.5 Å². The summed E-state index contributed by atoms with van der Waals surface area (Å²) in [6.45, 7) is 0.360. The lowest BCUT2D eigenvalue weighted by molar-refractivity contribution is -0.384. The summed E-state index contributed by atoms with van der Waals surface area (Å²) in [6.07, 6.45) is 3.83. The summed E-state index contributed by atoms with van der Waals surface area (Å²) in [5.74, 6) is 0.0121. The highest BCUT2D eigenvalue weighted by molar-refractivity contribution is 6.01. The van der Waals surface area contributed by atoms with Gasteiger partial charge < -0.3 is 14.7 Å². The van der Waals surface area contributed by atoms with Gasteiger partial charge in [0.05, 0.1) is 10.5 Å². The molecule has 4 rings (SSSR count). The maximum absolute atomic E-state index is 12.5. The number of carbonyl (C=O) groups is 1. The summed E-state index contributed by atoms with van der Waals surface area (Å²) < 4.78 is 5.64. The average Bonchev–Trinajstić information content (AvgIpc) is 3.44. The van der Waals surface area contributed by atoms with Crippen LogP contribution in [0.1, 0.15) is 11.3 Å². The van der Waals surface area contributed by atoms with E-state index in [9.17, 15) is 20.2 Å². The molecule has 8 heteroatoms. The quantitative estimate of drug-likeness (QED) is 0.193. The van der Waals surface area contributed by atoms with Gasteiger partial charge >= 0.3 is 0 Å². The van der Waals surface area contributed by atoms with Crippen LogP contribution in [-0.2, 0) is 11.2 Å². The molecule has 0 saturated heterocycles. The van der Waals surface area contributed by atoms with Gasteiger partial charge in [-0.05, 0) is 36.2 Å². The highest BCUT2D eigenvalue weighted by Crippen LogP contribution is 2.31. The molecule has 1 amide bonds. The van der Waals surface area contributed by atoms with Crippen molar-refractivity contribution in [2.45, 2.75) is 6.42 Å². The molecule has 2 aromatic heterocycles. The average molecular weight is 426 g/mol. The van der Waals surface area contributed by atoms with E-state index in [2.05, 4.69) is 10.3 Å². The third kappa shape index (κ3) is 4.27. The summed E-state index contributed by atoms with van der Waals surface area (Å²) >= 11 is 0. The van der Waals surface area contributed by atoms with E-state index >= 15 is 0 Å². The molecule has 32 heavy (non-hydrogen) atoms. The van der Waals surface area contributed by atoms with Gasteiger partial charge in [0.2, 0.25) is 0 Å². The Bertz CT molecular complexity index is 1370. The van der Waals surface area contributed by atoms with Gasteiger partial charge in [0, 0.05) is 35.8 Å². The van der Waals surface area contributed by atoms with Crippen LogP contribution in [0.15, 0.2) is 76.9 Å². The normalized spacial score (nSPS) is 11.3. The van der Waals surface area contributed by atoms with Crippen LogP contribution in [-0.4, -0.2) is 22.4 Å². The minimum Gasteiger partial charge on any atom is -0.456 e. The van der Waals surface area contributed by atoms with Crippen LogP contribution in [0.5, 0.6) is 0 Å². The number of benzene rings is 2. The first-order valence-electron chi connectivity index (χ1n) is 9.85. The molecule has 0 saturated carbocycles. The molecule has 2 heterocycles. The number of amides is 1. The Balaban J connectivity index is 1.45. The second-order valence-corrected chi connectivity index (χ2v) is 7.01. The number of nitriles is 1. The number of nitro groups is 1. The van der Waals surface area contributed by atoms with E-state index in [0.717, 1.165) is 16.5 Å². The molecule has 8 nitrogen and oxygen atoms in total. The molecule has 2 N–H and O–H groups in total. The molecule has 4 aromatic rings. The Hall–Kier alpha value is -4.64. The minimum atomic E-state index is -0.518. The third-order valence-electron chi connectivity index (χ3n) is 5.00. The van der Waals surface area contributed by atoms with E-state index in [1.165, 1.54) is 12.1 Å². The molecule has 2 aromatic carbocycles. The number of nitrogens with one attached hydrogen (secondary N) is 2. The van der Waals surface area contributed by atoms with E-state index in [-0.39, 0.29) is 22.8 Å². The minimum absolute atomic E-state index is 0.0899. The SMILES string of the molecule is N#C/C(=C\c1ccc(-c2ccccc2[N+](=O)[O-])o1)C(=O)NCCc1c[nH]c2ccccc12. The van der Waals surface area contributed by atoms with E-state index < -0.39 is 10.8 Å². The van der Waals surface area contributed by atoms with Crippen molar-refractivity contribution in [1.29, 1.82) is 5.26 Å². The number of nitrogens with zero attached hydrogens (tertiary/aromatic N) is 2. The molecule has 0 aliphatic carbocycles. The highest BCUT2D eigenvalue weighted by atomic mass is 16.6. The van der Waals surface area contributed by atoms with Crippen molar-refractivity contribution in [3.05, 3.63) is 93.9 Å². The number of nitro benzene ring substituents is 1. The molecule has 0 aliphatic rings. The van der Waals surface area contributed by atoms with Crippen LogP contribution in [0, 0.1) is 21.4 Å². The molecular formula is C24H18N4O4. The monoisotopic (exact) mass is 426 g/mol. The van der Waals surface area contributed by atoms with Gasteiger partial charge in [-0.15, -0.1) is 0 Å². The van der Waals surface area contributed by atoms with E-state index in [4.69, 9.17) is 4.42 Å². The zero-order valence-corrected chi connectivity index (χ0v) is 16.9. The number of aromatic nitrogens is 1. The number of aromatic amines is 1. The molecule has 0 spiro atoms. The molecule has 0 fully saturated rings. The van der Waals surface area contributed by atoms with Crippen molar-refractivity contribution in [3.63, 3.8) is 0 Å². The van der Waals surface area contributed by atoms with Crippen LogP contribution in [0.4, 0.5) is 5.69 Å². The fraction of sp³-hybridized carbons (Fsp3) is 0.0833. The standard InChI is InChI=1S/C24H18N4O4/c25-14-17(24(29)26-12-11-16-15-27-21-7-3-1-5-19(16)21)13-18-9-10-23(32-18)20-6-2-4-8-22(20)28(30)31/h1-10,13,15,27H,11-12H2,(H,26,29)/b17-13+. The van der Waals surface area contributed by atoms with Gasteiger partial charge in [0.25, 0.3) is 11.6 Å². The van der Waals surface area contributed by atoms with Crippen molar-refractivity contribution in [2.24, 2.45) is 0 Å². The van der Waals surface area contributed by atoms with Crippen LogP contribution >= 0.6 is 0 Å². The highest BCUT2D eigenvalue weighted by Gasteiger charge is 2.17. The number of rotatable bonds is 7. The Morgan fingerprint density at radius 2 is 1.94 bits per heavy atom. The summed E-state index contributed by atoms with van der Waals surface area (Å²) in [7, 11) is 0. The molecule has 158 valence electrons. The Morgan fingerprint density at radius 1 is 1.16 bits per heavy atom. The molecule has 0 unspecified atom stereocenters. The smallest absolute Gasteiger partial charge is 0.280 e. The van der Waals surface area contributed by atoms with Gasteiger partial charge in [-0.2, -0.15) is 5.26 Å². The number of furan rings is 1. The summed E-state index contributed by atoms with van der Waals surface area (Å²) in [5, 5.41) is 24.5. The molecule has 0 aliphatic heterocycles. The van der Waals surface area contributed by atoms with Crippen molar-refractivity contribution in [3.8, 4) is 17.4 Å². The van der Waals surface area contributed by atoms with Gasteiger partial charge in [-0.3, -0.25) is 14.9 Å². The topological polar surface area (TPSA) is 125 Å². The van der Waals surface area contributed by atoms with Crippen molar-refractivity contribution in [1.82, 2.24) is 10.3 Å². The predicted molar refractivity (Wildman–Crippen MR) is 119 cm³/mol. The van der Waals surface area contributed by atoms with Gasteiger partial charge in [-0.25, -0.2) is 0 Å². The first kappa shape index (κ1) is 20.6. The molecule has 0 atom stereocenters. The lowest BCUT2D eigenvalue weighted by Gasteiger charge is -2.04. The second-order valence-electron chi connectivity index (χ2n) is 7.01. The van der Waals surface area contributed by atoms with Gasteiger partial charge in [-0.1, -0.05) is 30.3 Å². The zero-order chi connectivity index (χ0) is 22.5. The summed E-state index contributed by atoms with van der Waals surface area (Å²) in [5.41, 5.74) is 2.21. The Kier molecular flexibility index (Phi) is 5.81. The van der Waals surface area contributed by atoms with Crippen molar-refractivity contribution >= 4 is 28.6 Å². The lowest BCUT2D eigenvalue weighted by atomic mass is 10.1. The Labute approximate surface area is 182 Å². The number of fused-ring (bicyclic) bond motifs is 1. The predicted octanol–water partition coefficient (Wildman–Crippen LogP) is 4.60.